The number of ether oxygens (including phenoxy) is 3. The minimum absolute atomic E-state index is 0.478. The second-order valence-electron chi connectivity index (χ2n) is 8.23. The van der Waals surface area contributed by atoms with Gasteiger partial charge in [-0.15, -0.1) is 0 Å². The van der Waals surface area contributed by atoms with E-state index in [1.54, 1.807) is 0 Å². The normalized spacial score (nSPS) is 13.6. The highest BCUT2D eigenvalue weighted by Crippen LogP contribution is 2.38. The summed E-state index contributed by atoms with van der Waals surface area (Å²) in [6, 6.07) is 18.5. The van der Waals surface area contributed by atoms with Crippen LogP contribution in [-0.2, 0) is 17.9 Å². The number of morpholine rings is 1. The number of anilines is 2. The minimum atomic E-state index is 0.478. The van der Waals surface area contributed by atoms with Crippen LogP contribution in [0.1, 0.15) is 23.6 Å². The molecule has 0 atom stereocenters. The second kappa shape index (κ2) is 11.8. The first-order valence-corrected chi connectivity index (χ1v) is 12.7. The van der Waals surface area contributed by atoms with Gasteiger partial charge in [0.1, 0.15) is 6.61 Å². The molecule has 0 unspecified atom stereocenters. The minimum Gasteiger partial charge on any atom is -0.490 e. The van der Waals surface area contributed by atoms with E-state index in [0.29, 0.717) is 25.5 Å². The van der Waals surface area contributed by atoms with Crippen LogP contribution in [0.3, 0.4) is 0 Å². The van der Waals surface area contributed by atoms with Gasteiger partial charge < -0.3 is 24.4 Å². The number of hydrogen-bond acceptors (Lipinski definition) is 5. The topological polar surface area (TPSA) is 43.0 Å². The monoisotopic (exact) mass is 544 g/mol. The third-order valence-corrected chi connectivity index (χ3v) is 6.52. The molecule has 3 aromatic rings. The fourth-order valence-electron chi connectivity index (χ4n) is 3.97. The Bertz CT molecular complexity index is 1120. The summed E-state index contributed by atoms with van der Waals surface area (Å²) in [5, 5.41) is 4.21. The molecule has 1 heterocycles. The number of aryl methyl sites for hydroxylation is 1. The highest BCUT2D eigenvalue weighted by Gasteiger charge is 2.15. The molecule has 7 heteroatoms. The zero-order valence-corrected chi connectivity index (χ0v) is 21.9. The number of hydrogen-bond donors (Lipinski definition) is 1. The summed E-state index contributed by atoms with van der Waals surface area (Å²) in [6.07, 6.45) is 0. The summed E-state index contributed by atoms with van der Waals surface area (Å²) in [6.45, 7) is 8.91. The van der Waals surface area contributed by atoms with Crippen LogP contribution in [0.15, 0.2) is 59.1 Å². The average Bonchev–Trinajstić information content (AvgIpc) is 2.83. The van der Waals surface area contributed by atoms with Gasteiger partial charge in [0.25, 0.3) is 0 Å². The molecule has 3 aromatic carbocycles. The van der Waals surface area contributed by atoms with Crippen molar-refractivity contribution in [2.24, 2.45) is 0 Å². The Kier molecular flexibility index (Phi) is 8.59. The van der Waals surface area contributed by atoms with E-state index < -0.39 is 0 Å². The number of nitrogens with one attached hydrogen (secondary N) is 1. The Morgan fingerprint density at radius 2 is 1.85 bits per heavy atom. The molecule has 0 aromatic heterocycles. The number of halogens is 2. The Balaban J connectivity index is 1.44. The lowest BCUT2D eigenvalue weighted by molar-refractivity contribution is 0.122. The molecule has 0 aliphatic carbocycles. The molecule has 1 saturated heterocycles. The molecule has 0 amide bonds. The Morgan fingerprint density at radius 3 is 2.59 bits per heavy atom. The Labute approximate surface area is 215 Å². The van der Waals surface area contributed by atoms with Gasteiger partial charge in [-0.3, -0.25) is 0 Å². The van der Waals surface area contributed by atoms with Gasteiger partial charge in [0.2, 0.25) is 0 Å². The molecule has 34 heavy (non-hydrogen) atoms. The standard InChI is InChI=1S/C27H30BrClN2O3/c1-3-33-26-15-21(14-23(28)27(26)34-18-20-6-4-5-19(2)13-20)17-30-22-7-8-25(24(29)16-22)31-9-11-32-12-10-31/h4-8,13-16,30H,3,9-12,17-18H2,1-2H3. The first-order valence-electron chi connectivity index (χ1n) is 11.5. The van der Waals surface area contributed by atoms with Gasteiger partial charge in [-0.05, 0) is 71.2 Å². The van der Waals surface area contributed by atoms with Crippen molar-refractivity contribution in [1.29, 1.82) is 0 Å². The second-order valence-corrected chi connectivity index (χ2v) is 9.50. The smallest absolute Gasteiger partial charge is 0.175 e. The lowest BCUT2D eigenvalue weighted by Gasteiger charge is -2.29. The van der Waals surface area contributed by atoms with E-state index in [1.807, 2.05) is 25.1 Å². The van der Waals surface area contributed by atoms with Crippen molar-refractivity contribution < 1.29 is 14.2 Å². The maximum atomic E-state index is 6.59. The van der Waals surface area contributed by atoms with Crippen LogP contribution in [0.4, 0.5) is 11.4 Å². The first kappa shape index (κ1) is 24.7. The molecule has 1 fully saturated rings. The molecule has 0 spiro atoms. The van der Waals surface area contributed by atoms with Gasteiger partial charge >= 0.3 is 0 Å². The van der Waals surface area contributed by atoms with E-state index in [4.69, 9.17) is 25.8 Å². The molecule has 5 nitrogen and oxygen atoms in total. The predicted molar refractivity (Wildman–Crippen MR) is 143 cm³/mol. The number of rotatable bonds is 9. The fraction of sp³-hybridized carbons (Fsp3) is 0.333. The quantitative estimate of drug-likeness (QED) is 0.319. The third-order valence-electron chi connectivity index (χ3n) is 5.63. The maximum absolute atomic E-state index is 6.59. The van der Waals surface area contributed by atoms with Crippen LogP contribution in [0.5, 0.6) is 11.5 Å². The molecule has 1 N–H and O–H groups in total. The van der Waals surface area contributed by atoms with Crippen LogP contribution in [0.2, 0.25) is 5.02 Å². The predicted octanol–water partition coefficient (Wildman–Crippen LogP) is 6.84. The molecule has 180 valence electrons. The largest absolute Gasteiger partial charge is 0.490 e. The summed E-state index contributed by atoms with van der Waals surface area (Å²) in [7, 11) is 0. The van der Waals surface area contributed by atoms with E-state index >= 15 is 0 Å². The van der Waals surface area contributed by atoms with E-state index in [1.165, 1.54) is 5.56 Å². The fourth-order valence-corrected chi connectivity index (χ4v) is 4.87. The average molecular weight is 546 g/mol. The molecule has 0 bridgehead atoms. The van der Waals surface area contributed by atoms with E-state index in [2.05, 4.69) is 69.5 Å². The van der Waals surface area contributed by atoms with Gasteiger partial charge in [-0.1, -0.05) is 41.4 Å². The molecule has 1 aliphatic heterocycles. The number of benzene rings is 3. The van der Waals surface area contributed by atoms with Crippen molar-refractivity contribution >= 4 is 38.9 Å². The van der Waals surface area contributed by atoms with Crippen molar-refractivity contribution in [3.63, 3.8) is 0 Å². The van der Waals surface area contributed by atoms with Gasteiger partial charge in [0, 0.05) is 25.3 Å². The Morgan fingerprint density at radius 1 is 1.03 bits per heavy atom. The number of nitrogens with zero attached hydrogens (tertiary/aromatic N) is 1. The maximum Gasteiger partial charge on any atom is 0.175 e. The molecule has 4 rings (SSSR count). The van der Waals surface area contributed by atoms with Crippen LogP contribution >= 0.6 is 27.5 Å². The highest BCUT2D eigenvalue weighted by atomic mass is 79.9. The van der Waals surface area contributed by atoms with Gasteiger partial charge in [0.05, 0.1) is 35.0 Å². The van der Waals surface area contributed by atoms with Crippen molar-refractivity contribution in [1.82, 2.24) is 0 Å². The summed E-state index contributed by atoms with van der Waals surface area (Å²) in [5.74, 6) is 1.44. The Hall–Kier alpha value is -2.41. The van der Waals surface area contributed by atoms with Crippen LogP contribution in [0, 0.1) is 6.92 Å². The SMILES string of the molecule is CCOc1cc(CNc2ccc(N3CCOCC3)c(Cl)c2)cc(Br)c1OCc1cccc(C)c1. The molecular formula is C27H30BrClN2O3. The zero-order chi connectivity index (χ0) is 23.9. The highest BCUT2D eigenvalue weighted by molar-refractivity contribution is 9.10. The summed E-state index contributed by atoms with van der Waals surface area (Å²) < 4.78 is 18.4. The van der Waals surface area contributed by atoms with Crippen molar-refractivity contribution in [3.05, 3.63) is 80.8 Å². The van der Waals surface area contributed by atoms with Gasteiger partial charge in [-0.25, -0.2) is 0 Å². The van der Waals surface area contributed by atoms with Crippen LogP contribution in [0.25, 0.3) is 0 Å². The summed E-state index contributed by atoms with van der Waals surface area (Å²) in [5.41, 5.74) is 5.43. The van der Waals surface area contributed by atoms with Crippen molar-refractivity contribution in [2.75, 3.05) is 43.1 Å². The molecule has 0 radical (unpaired) electrons. The van der Waals surface area contributed by atoms with Crippen molar-refractivity contribution in [3.8, 4) is 11.5 Å². The third kappa shape index (κ3) is 6.38. The lowest BCUT2D eigenvalue weighted by atomic mass is 10.1. The summed E-state index contributed by atoms with van der Waals surface area (Å²) in [4.78, 5) is 2.26. The summed E-state index contributed by atoms with van der Waals surface area (Å²) >= 11 is 10.3. The van der Waals surface area contributed by atoms with Gasteiger partial charge in [0.15, 0.2) is 11.5 Å². The molecular weight excluding hydrogens is 516 g/mol. The van der Waals surface area contributed by atoms with E-state index in [-0.39, 0.29) is 0 Å². The van der Waals surface area contributed by atoms with Gasteiger partial charge in [-0.2, -0.15) is 0 Å². The van der Waals surface area contributed by atoms with E-state index in [0.717, 1.165) is 64.0 Å². The van der Waals surface area contributed by atoms with Crippen LogP contribution in [-0.4, -0.2) is 32.9 Å². The first-order chi connectivity index (χ1) is 16.5. The van der Waals surface area contributed by atoms with Crippen molar-refractivity contribution in [2.45, 2.75) is 27.0 Å². The zero-order valence-electron chi connectivity index (χ0n) is 19.6. The molecule has 0 saturated carbocycles. The lowest BCUT2D eigenvalue weighted by Crippen LogP contribution is -2.36. The van der Waals surface area contributed by atoms with E-state index in [9.17, 15) is 0 Å². The van der Waals surface area contributed by atoms with Crippen LogP contribution < -0.4 is 19.7 Å². The molecule has 1 aliphatic rings.